The molecule has 0 heterocycles. The van der Waals surface area contributed by atoms with Crippen molar-refractivity contribution in [1.29, 1.82) is 0 Å². The van der Waals surface area contributed by atoms with Crippen molar-refractivity contribution in [2.75, 3.05) is 7.05 Å². The summed E-state index contributed by atoms with van der Waals surface area (Å²) in [6.45, 7) is 1.02. The molecule has 4 heteroatoms. The summed E-state index contributed by atoms with van der Waals surface area (Å²) in [5.41, 5.74) is 1.71. The van der Waals surface area contributed by atoms with Gasteiger partial charge in [0.15, 0.2) is 0 Å². The van der Waals surface area contributed by atoms with Gasteiger partial charge in [0.25, 0.3) is 0 Å². The van der Waals surface area contributed by atoms with Crippen molar-refractivity contribution in [1.82, 2.24) is 5.32 Å². The maximum Gasteiger partial charge on any atom is 0.134 e. The Morgan fingerprint density at radius 2 is 2.00 bits per heavy atom. The molecule has 0 amide bonds. The lowest BCUT2D eigenvalue weighted by Crippen LogP contribution is -2.05. The fourth-order valence-electron chi connectivity index (χ4n) is 1.75. The van der Waals surface area contributed by atoms with E-state index in [2.05, 4.69) is 21.2 Å². The number of hydrogen-bond acceptors (Lipinski definition) is 2. The van der Waals surface area contributed by atoms with Crippen molar-refractivity contribution in [2.45, 2.75) is 13.2 Å². The first kappa shape index (κ1) is 14.0. The highest BCUT2D eigenvalue weighted by atomic mass is 79.9. The molecular formula is C15H15BrFNO. The van der Waals surface area contributed by atoms with E-state index in [9.17, 15) is 4.39 Å². The topological polar surface area (TPSA) is 21.3 Å². The Balaban J connectivity index is 2.06. The highest BCUT2D eigenvalue weighted by Gasteiger charge is 2.05. The number of nitrogens with one attached hydrogen (secondary N) is 1. The zero-order chi connectivity index (χ0) is 13.7. The lowest BCUT2D eigenvalue weighted by molar-refractivity contribution is 0.298. The normalized spacial score (nSPS) is 10.5. The van der Waals surface area contributed by atoms with Crippen molar-refractivity contribution in [3.8, 4) is 5.75 Å². The standard InChI is InChI=1S/C15H15BrFNO/c1-18-9-11-6-7-15(13(16)8-11)19-10-12-4-2-3-5-14(12)17/h2-8,18H,9-10H2,1H3. The zero-order valence-corrected chi connectivity index (χ0v) is 12.2. The average Bonchev–Trinajstić information content (AvgIpc) is 2.40. The molecule has 1 N–H and O–H groups in total. The summed E-state index contributed by atoms with van der Waals surface area (Å²) in [5.74, 6) is 0.466. The molecule has 0 saturated heterocycles. The first-order chi connectivity index (χ1) is 9.20. The molecule has 0 saturated carbocycles. The third kappa shape index (κ3) is 3.78. The maximum absolute atomic E-state index is 13.5. The molecule has 0 aliphatic heterocycles. The Hall–Kier alpha value is -1.39. The van der Waals surface area contributed by atoms with Gasteiger partial charge in [-0.3, -0.25) is 0 Å². The number of halogens is 2. The molecule has 0 fully saturated rings. The lowest BCUT2D eigenvalue weighted by atomic mass is 10.2. The molecule has 2 aromatic rings. The third-order valence-corrected chi connectivity index (χ3v) is 3.34. The number of ether oxygens (including phenoxy) is 1. The predicted octanol–water partition coefficient (Wildman–Crippen LogP) is 3.89. The fraction of sp³-hybridized carbons (Fsp3) is 0.200. The van der Waals surface area contributed by atoms with E-state index >= 15 is 0 Å². The van der Waals surface area contributed by atoms with Crippen molar-refractivity contribution < 1.29 is 9.13 Å². The summed E-state index contributed by atoms with van der Waals surface area (Å²) >= 11 is 3.46. The van der Waals surface area contributed by atoms with Gasteiger partial charge in [-0.1, -0.05) is 24.3 Å². The van der Waals surface area contributed by atoms with E-state index in [0.717, 1.165) is 16.6 Å². The van der Waals surface area contributed by atoms with Gasteiger partial charge >= 0.3 is 0 Å². The van der Waals surface area contributed by atoms with E-state index in [0.29, 0.717) is 11.3 Å². The Morgan fingerprint density at radius 1 is 1.21 bits per heavy atom. The molecule has 2 aromatic carbocycles. The Morgan fingerprint density at radius 3 is 2.68 bits per heavy atom. The molecule has 19 heavy (non-hydrogen) atoms. The minimum atomic E-state index is -0.245. The fourth-order valence-corrected chi connectivity index (χ4v) is 2.29. The van der Waals surface area contributed by atoms with E-state index in [-0.39, 0.29) is 12.4 Å². The monoisotopic (exact) mass is 323 g/mol. The van der Waals surface area contributed by atoms with Crippen LogP contribution in [0.3, 0.4) is 0 Å². The van der Waals surface area contributed by atoms with Crippen LogP contribution in [-0.4, -0.2) is 7.05 Å². The van der Waals surface area contributed by atoms with E-state index in [1.165, 1.54) is 6.07 Å². The first-order valence-electron chi connectivity index (χ1n) is 6.00. The van der Waals surface area contributed by atoms with Crippen LogP contribution in [0.25, 0.3) is 0 Å². The second kappa shape index (κ2) is 6.68. The minimum absolute atomic E-state index is 0.219. The van der Waals surface area contributed by atoms with Crippen LogP contribution < -0.4 is 10.1 Å². The first-order valence-corrected chi connectivity index (χ1v) is 6.79. The predicted molar refractivity (Wildman–Crippen MR) is 77.6 cm³/mol. The molecule has 0 spiro atoms. The molecule has 2 rings (SSSR count). The average molecular weight is 324 g/mol. The van der Waals surface area contributed by atoms with Gasteiger partial charge in [-0.25, -0.2) is 4.39 Å². The second-order valence-electron chi connectivity index (χ2n) is 4.18. The van der Waals surface area contributed by atoms with Crippen LogP contribution in [0, 0.1) is 5.82 Å². The SMILES string of the molecule is CNCc1ccc(OCc2ccccc2F)c(Br)c1. The summed E-state index contributed by atoms with van der Waals surface area (Å²) in [6.07, 6.45) is 0. The smallest absolute Gasteiger partial charge is 0.134 e. The molecular weight excluding hydrogens is 309 g/mol. The Labute approximate surface area is 120 Å². The van der Waals surface area contributed by atoms with Crippen molar-refractivity contribution >= 4 is 15.9 Å². The summed E-state index contributed by atoms with van der Waals surface area (Å²) in [4.78, 5) is 0. The van der Waals surface area contributed by atoms with Crippen LogP contribution in [0.5, 0.6) is 5.75 Å². The van der Waals surface area contributed by atoms with E-state index in [1.807, 2.05) is 25.2 Å². The molecule has 0 aliphatic carbocycles. The largest absolute Gasteiger partial charge is 0.488 e. The molecule has 0 radical (unpaired) electrons. The summed E-state index contributed by atoms with van der Waals surface area (Å²) in [6, 6.07) is 12.5. The molecule has 0 bridgehead atoms. The van der Waals surface area contributed by atoms with Crippen LogP contribution in [0.15, 0.2) is 46.9 Å². The minimum Gasteiger partial charge on any atom is -0.488 e. The van der Waals surface area contributed by atoms with Gasteiger partial charge in [-0.05, 0) is 46.7 Å². The summed E-state index contributed by atoms with van der Waals surface area (Å²) in [5, 5.41) is 3.08. The van der Waals surface area contributed by atoms with Gasteiger partial charge in [-0.15, -0.1) is 0 Å². The van der Waals surface area contributed by atoms with Crippen LogP contribution in [-0.2, 0) is 13.2 Å². The van der Waals surface area contributed by atoms with Crippen molar-refractivity contribution in [3.63, 3.8) is 0 Å². The van der Waals surface area contributed by atoms with Gasteiger partial charge in [0.05, 0.1) is 4.47 Å². The van der Waals surface area contributed by atoms with Crippen LogP contribution >= 0.6 is 15.9 Å². The molecule has 2 nitrogen and oxygen atoms in total. The van der Waals surface area contributed by atoms with Gasteiger partial charge in [-0.2, -0.15) is 0 Å². The Bertz CT molecular complexity index is 560. The molecule has 0 aromatic heterocycles. The van der Waals surface area contributed by atoms with Crippen molar-refractivity contribution in [3.05, 3.63) is 63.9 Å². The Kier molecular flexibility index (Phi) is 4.93. The third-order valence-electron chi connectivity index (χ3n) is 2.72. The van der Waals surface area contributed by atoms with Gasteiger partial charge < -0.3 is 10.1 Å². The number of benzene rings is 2. The lowest BCUT2D eigenvalue weighted by Gasteiger charge is -2.10. The summed E-state index contributed by atoms with van der Waals surface area (Å²) in [7, 11) is 1.90. The number of hydrogen-bond donors (Lipinski definition) is 1. The zero-order valence-electron chi connectivity index (χ0n) is 10.6. The number of rotatable bonds is 5. The van der Waals surface area contributed by atoms with Crippen LogP contribution in [0.1, 0.15) is 11.1 Å². The molecule has 100 valence electrons. The van der Waals surface area contributed by atoms with E-state index < -0.39 is 0 Å². The van der Waals surface area contributed by atoms with E-state index in [1.54, 1.807) is 18.2 Å². The van der Waals surface area contributed by atoms with Crippen LogP contribution in [0.4, 0.5) is 4.39 Å². The molecule has 0 unspecified atom stereocenters. The van der Waals surface area contributed by atoms with Gasteiger partial charge in [0.2, 0.25) is 0 Å². The molecule has 0 aliphatic rings. The highest BCUT2D eigenvalue weighted by molar-refractivity contribution is 9.10. The second-order valence-corrected chi connectivity index (χ2v) is 5.03. The highest BCUT2D eigenvalue weighted by Crippen LogP contribution is 2.27. The van der Waals surface area contributed by atoms with Gasteiger partial charge in [0.1, 0.15) is 18.2 Å². The van der Waals surface area contributed by atoms with E-state index in [4.69, 9.17) is 4.74 Å². The summed E-state index contributed by atoms with van der Waals surface area (Å²) < 4.78 is 20.0. The van der Waals surface area contributed by atoms with Crippen LogP contribution in [0.2, 0.25) is 0 Å². The molecule has 0 atom stereocenters. The van der Waals surface area contributed by atoms with Crippen molar-refractivity contribution in [2.24, 2.45) is 0 Å². The van der Waals surface area contributed by atoms with Gasteiger partial charge in [0, 0.05) is 12.1 Å². The quantitative estimate of drug-likeness (QED) is 0.901. The maximum atomic E-state index is 13.5.